The zero-order chi connectivity index (χ0) is 22.2. The number of aromatic hydroxyl groups is 1. The molecule has 0 aromatic heterocycles. The van der Waals surface area contributed by atoms with E-state index in [4.69, 9.17) is 9.47 Å². The van der Waals surface area contributed by atoms with Crippen LogP contribution in [0.5, 0.6) is 17.2 Å². The standard InChI is InChI=1S/C23H32N4O4.HI/c1-4-24-23(25-16-21(29)18-15-17(30-2)9-10-22(18)31-3)27-13-11-26(12-14-27)19-7-5-6-8-20(19)28;/h5-10,15,21,28-29H,4,11-14,16H2,1-3H3,(H,24,25);1H. The molecular weight excluding hydrogens is 523 g/mol. The van der Waals surface area contributed by atoms with Gasteiger partial charge in [-0.05, 0) is 37.3 Å². The maximum Gasteiger partial charge on any atom is 0.194 e. The molecular formula is C23H33IN4O4. The molecule has 1 unspecified atom stereocenters. The Balaban J connectivity index is 0.00000363. The van der Waals surface area contributed by atoms with Gasteiger partial charge in [0.05, 0.1) is 26.5 Å². The molecule has 8 nitrogen and oxygen atoms in total. The Bertz CT molecular complexity index is 888. The number of para-hydroxylation sites is 2. The number of halogens is 1. The Hall–Kier alpha value is -2.40. The van der Waals surface area contributed by atoms with Crippen molar-refractivity contribution in [3.63, 3.8) is 0 Å². The lowest BCUT2D eigenvalue weighted by atomic mass is 10.1. The first-order chi connectivity index (χ1) is 15.1. The predicted octanol–water partition coefficient (Wildman–Crippen LogP) is 2.85. The van der Waals surface area contributed by atoms with Crippen molar-refractivity contribution in [2.24, 2.45) is 4.99 Å². The molecule has 2 aromatic carbocycles. The lowest BCUT2D eigenvalue weighted by Gasteiger charge is -2.38. The first-order valence-electron chi connectivity index (χ1n) is 10.5. The maximum absolute atomic E-state index is 10.8. The van der Waals surface area contributed by atoms with Crippen LogP contribution >= 0.6 is 24.0 Å². The highest BCUT2D eigenvalue weighted by Crippen LogP contribution is 2.30. The molecule has 1 aliphatic heterocycles. The number of nitrogens with zero attached hydrogens (tertiary/aromatic N) is 3. The molecule has 32 heavy (non-hydrogen) atoms. The maximum atomic E-state index is 10.8. The van der Waals surface area contributed by atoms with Gasteiger partial charge in [0.15, 0.2) is 5.96 Å². The monoisotopic (exact) mass is 556 g/mol. The quantitative estimate of drug-likeness (QED) is 0.275. The van der Waals surface area contributed by atoms with Crippen LogP contribution in [0.1, 0.15) is 18.6 Å². The van der Waals surface area contributed by atoms with Crippen LogP contribution in [0, 0.1) is 0 Å². The molecule has 1 atom stereocenters. The minimum Gasteiger partial charge on any atom is -0.506 e. The zero-order valence-corrected chi connectivity index (χ0v) is 21.2. The van der Waals surface area contributed by atoms with Crippen LogP contribution < -0.4 is 19.7 Å². The minimum absolute atomic E-state index is 0. The van der Waals surface area contributed by atoms with E-state index in [1.54, 1.807) is 38.5 Å². The van der Waals surface area contributed by atoms with Gasteiger partial charge in [-0.2, -0.15) is 0 Å². The molecule has 0 saturated carbocycles. The third kappa shape index (κ3) is 6.32. The summed E-state index contributed by atoms with van der Waals surface area (Å²) in [5, 5.41) is 24.2. The van der Waals surface area contributed by atoms with Crippen molar-refractivity contribution in [1.29, 1.82) is 0 Å². The number of aliphatic hydroxyl groups excluding tert-OH is 1. The van der Waals surface area contributed by atoms with E-state index in [2.05, 4.69) is 20.1 Å². The molecule has 1 heterocycles. The van der Waals surface area contributed by atoms with E-state index in [-0.39, 0.29) is 30.5 Å². The topological polar surface area (TPSA) is 89.8 Å². The van der Waals surface area contributed by atoms with Crippen molar-refractivity contribution in [2.75, 3.05) is 58.4 Å². The van der Waals surface area contributed by atoms with Crippen LogP contribution in [0.3, 0.4) is 0 Å². The third-order valence-electron chi connectivity index (χ3n) is 5.35. The number of hydrogen-bond acceptors (Lipinski definition) is 6. The largest absolute Gasteiger partial charge is 0.506 e. The summed E-state index contributed by atoms with van der Waals surface area (Å²) in [6.07, 6.45) is -0.818. The Morgan fingerprint density at radius 3 is 2.44 bits per heavy atom. The van der Waals surface area contributed by atoms with Crippen LogP contribution in [0.15, 0.2) is 47.5 Å². The van der Waals surface area contributed by atoms with Crippen LogP contribution in [0.25, 0.3) is 0 Å². The Kier molecular flexibility index (Phi) is 10.2. The Morgan fingerprint density at radius 2 is 1.81 bits per heavy atom. The van der Waals surface area contributed by atoms with Crippen LogP contribution in [0.2, 0.25) is 0 Å². The molecule has 1 aliphatic rings. The highest BCUT2D eigenvalue weighted by Gasteiger charge is 2.22. The summed E-state index contributed by atoms with van der Waals surface area (Å²) in [7, 11) is 3.17. The number of phenolic OH excluding ortho intramolecular Hbond substituents is 1. The van der Waals surface area contributed by atoms with Gasteiger partial charge >= 0.3 is 0 Å². The normalized spacial score (nSPS) is 15.1. The first kappa shape index (κ1) is 25.9. The molecule has 1 saturated heterocycles. The van der Waals surface area contributed by atoms with Gasteiger partial charge in [0.1, 0.15) is 23.4 Å². The van der Waals surface area contributed by atoms with Crippen LogP contribution in [0.4, 0.5) is 5.69 Å². The summed E-state index contributed by atoms with van der Waals surface area (Å²) in [6, 6.07) is 12.8. The molecule has 0 bridgehead atoms. The molecule has 2 aromatic rings. The molecule has 0 radical (unpaired) electrons. The van der Waals surface area contributed by atoms with Crippen molar-refractivity contribution >= 4 is 35.6 Å². The van der Waals surface area contributed by atoms with Crippen molar-refractivity contribution < 1.29 is 19.7 Å². The van der Waals surface area contributed by atoms with Crippen molar-refractivity contribution in [2.45, 2.75) is 13.0 Å². The number of rotatable bonds is 7. The van der Waals surface area contributed by atoms with E-state index >= 15 is 0 Å². The number of ether oxygens (including phenoxy) is 2. The highest BCUT2D eigenvalue weighted by atomic mass is 127. The summed E-state index contributed by atoms with van der Waals surface area (Å²) < 4.78 is 10.7. The van der Waals surface area contributed by atoms with E-state index in [0.717, 1.165) is 44.4 Å². The van der Waals surface area contributed by atoms with E-state index in [1.165, 1.54) is 0 Å². The summed E-state index contributed by atoms with van der Waals surface area (Å²) in [4.78, 5) is 9.02. The van der Waals surface area contributed by atoms with E-state index in [0.29, 0.717) is 22.8 Å². The van der Waals surface area contributed by atoms with Crippen LogP contribution in [-0.4, -0.2) is 74.6 Å². The fourth-order valence-electron chi connectivity index (χ4n) is 3.69. The van der Waals surface area contributed by atoms with Gasteiger partial charge in [0.2, 0.25) is 0 Å². The highest BCUT2D eigenvalue weighted by molar-refractivity contribution is 14.0. The molecule has 1 fully saturated rings. The summed E-state index contributed by atoms with van der Waals surface area (Å²) >= 11 is 0. The minimum atomic E-state index is -0.818. The van der Waals surface area contributed by atoms with Gasteiger partial charge in [0, 0.05) is 38.3 Å². The van der Waals surface area contributed by atoms with Gasteiger partial charge in [-0.15, -0.1) is 24.0 Å². The zero-order valence-electron chi connectivity index (χ0n) is 18.8. The predicted molar refractivity (Wildman–Crippen MR) is 138 cm³/mol. The van der Waals surface area contributed by atoms with E-state index in [1.807, 2.05) is 25.1 Å². The Labute approximate surface area is 206 Å². The smallest absolute Gasteiger partial charge is 0.194 e. The number of aliphatic imine (C=N–C) groups is 1. The number of anilines is 1. The van der Waals surface area contributed by atoms with Crippen molar-refractivity contribution in [1.82, 2.24) is 10.2 Å². The van der Waals surface area contributed by atoms with Crippen LogP contribution in [-0.2, 0) is 0 Å². The number of methoxy groups -OCH3 is 2. The van der Waals surface area contributed by atoms with Gasteiger partial charge in [-0.1, -0.05) is 12.1 Å². The first-order valence-corrected chi connectivity index (χ1v) is 10.5. The second-order valence-corrected chi connectivity index (χ2v) is 7.28. The molecule has 9 heteroatoms. The number of hydrogen-bond donors (Lipinski definition) is 3. The van der Waals surface area contributed by atoms with Crippen molar-refractivity contribution in [3.05, 3.63) is 48.0 Å². The molecule has 3 rings (SSSR count). The summed E-state index contributed by atoms with van der Waals surface area (Å²) in [5.74, 6) is 2.32. The summed E-state index contributed by atoms with van der Waals surface area (Å²) in [5.41, 5.74) is 1.50. The average molecular weight is 556 g/mol. The Morgan fingerprint density at radius 1 is 1.09 bits per heavy atom. The second-order valence-electron chi connectivity index (χ2n) is 7.28. The number of guanidine groups is 1. The number of nitrogens with one attached hydrogen (secondary N) is 1. The van der Waals surface area contributed by atoms with Gasteiger partial charge in [-0.25, -0.2) is 0 Å². The number of aliphatic hydroxyl groups is 1. The van der Waals surface area contributed by atoms with Gasteiger partial charge in [0.25, 0.3) is 0 Å². The average Bonchev–Trinajstić information content (AvgIpc) is 2.81. The fraction of sp³-hybridized carbons (Fsp3) is 0.435. The third-order valence-corrected chi connectivity index (χ3v) is 5.35. The number of piperazine rings is 1. The fourth-order valence-corrected chi connectivity index (χ4v) is 3.69. The van der Waals surface area contributed by atoms with Gasteiger partial charge in [-0.3, -0.25) is 4.99 Å². The lowest BCUT2D eigenvalue weighted by Crippen LogP contribution is -2.52. The number of phenols is 1. The van der Waals surface area contributed by atoms with E-state index in [9.17, 15) is 10.2 Å². The second kappa shape index (κ2) is 12.6. The lowest BCUT2D eigenvalue weighted by molar-refractivity contribution is 0.181. The van der Waals surface area contributed by atoms with Crippen molar-refractivity contribution in [3.8, 4) is 17.2 Å². The number of benzene rings is 2. The summed E-state index contributed by atoms with van der Waals surface area (Å²) in [6.45, 7) is 6.03. The SMILES string of the molecule is CCNC(=NCC(O)c1cc(OC)ccc1OC)N1CCN(c2ccccc2O)CC1.I. The molecule has 3 N–H and O–H groups in total. The van der Waals surface area contributed by atoms with E-state index < -0.39 is 6.10 Å². The molecule has 0 amide bonds. The molecule has 0 aliphatic carbocycles. The molecule has 0 spiro atoms. The molecule has 176 valence electrons. The van der Waals surface area contributed by atoms with Gasteiger partial charge < -0.3 is 34.8 Å².